The molecule has 3 rings (SSSR count). The summed E-state index contributed by atoms with van der Waals surface area (Å²) in [5.41, 5.74) is 2.30. The summed E-state index contributed by atoms with van der Waals surface area (Å²) >= 11 is 1.58. The maximum atomic E-state index is 11.2. The summed E-state index contributed by atoms with van der Waals surface area (Å²) in [7, 11) is -3.18. The lowest BCUT2D eigenvalue weighted by Crippen LogP contribution is -2.26. The molecule has 0 atom stereocenters. The summed E-state index contributed by atoms with van der Waals surface area (Å²) in [6, 6.07) is 8.13. The summed E-state index contributed by atoms with van der Waals surface area (Å²) in [5.74, 6) is 0.794. The van der Waals surface area contributed by atoms with Gasteiger partial charge in [-0.25, -0.2) is 23.1 Å². The van der Waals surface area contributed by atoms with E-state index in [1.165, 1.54) is 5.56 Å². The van der Waals surface area contributed by atoms with Crippen LogP contribution in [0.2, 0.25) is 0 Å². The average Bonchev–Trinajstić information content (AvgIpc) is 3.15. The monoisotopic (exact) mass is 362 g/mol. The van der Waals surface area contributed by atoms with Crippen LogP contribution in [0, 0.1) is 6.92 Å². The fourth-order valence-electron chi connectivity index (χ4n) is 2.38. The number of hydrogen-bond donors (Lipinski definition) is 1. The minimum atomic E-state index is -3.18. The Hall–Kier alpha value is -2.03. The number of nitrogens with zero attached hydrogens (tertiary/aromatic N) is 3. The van der Waals surface area contributed by atoms with Crippen LogP contribution in [0.3, 0.4) is 0 Å². The highest BCUT2D eigenvalue weighted by atomic mass is 32.2. The molecule has 0 fully saturated rings. The van der Waals surface area contributed by atoms with Gasteiger partial charge in [-0.15, -0.1) is 11.3 Å². The quantitative estimate of drug-likeness (QED) is 0.731. The van der Waals surface area contributed by atoms with Gasteiger partial charge in [-0.2, -0.15) is 0 Å². The minimum Gasteiger partial charge on any atom is -0.329 e. The van der Waals surface area contributed by atoms with Crippen molar-refractivity contribution in [2.45, 2.75) is 13.5 Å². The highest BCUT2D eigenvalue weighted by molar-refractivity contribution is 7.88. The van der Waals surface area contributed by atoms with E-state index in [0.29, 0.717) is 13.1 Å². The second-order valence-electron chi connectivity index (χ2n) is 5.46. The minimum absolute atomic E-state index is 0.325. The molecule has 0 aliphatic carbocycles. The zero-order chi connectivity index (χ0) is 17.2. The normalized spacial score (nSPS) is 11.8. The molecule has 0 aliphatic heterocycles. The Balaban J connectivity index is 1.81. The Morgan fingerprint density at radius 3 is 2.79 bits per heavy atom. The molecule has 0 bridgehead atoms. The highest BCUT2D eigenvalue weighted by Crippen LogP contribution is 2.32. The first-order valence-corrected chi connectivity index (χ1v) is 10.1. The van der Waals surface area contributed by atoms with Crippen LogP contribution in [0.5, 0.6) is 0 Å². The number of benzene rings is 1. The van der Waals surface area contributed by atoms with E-state index in [4.69, 9.17) is 0 Å². The standard InChI is InChI=1S/C16H18N4O2S2/c1-12-5-3-4-6-13(12)16-18-11-14(23-16)15-17-7-9-20(15)10-8-19-24(2,21)22/h3-7,9,11,19H,8,10H2,1-2H3. The van der Waals surface area contributed by atoms with E-state index in [9.17, 15) is 8.42 Å². The van der Waals surface area contributed by atoms with Gasteiger partial charge in [0.2, 0.25) is 10.0 Å². The van der Waals surface area contributed by atoms with Gasteiger partial charge in [0, 0.05) is 37.2 Å². The van der Waals surface area contributed by atoms with Gasteiger partial charge in [0.05, 0.1) is 11.1 Å². The smallest absolute Gasteiger partial charge is 0.208 e. The molecule has 0 saturated carbocycles. The van der Waals surface area contributed by atoms with E-state index < -0.39 is 10.0 Å². The van der Waals surface area contributed by atoms with Crippen LogP contribution in [0.15, 0.2) is 42.9 Å². The number of hydrogen-bond acceptors (Lipinski definition) is 5. The molecule has 24 heavy (non-hydrogen) atoms. The van der Waals surface area contributed by atoms with Gasteiger partial charge in [0.1, 0.15) is 5.01 Å². The number of sulfonamides is 1. The first-order valence-electron chi connectivity index (χ1n) is 7.42. The first-order chi connectivity index (χ1) is 11.4. The van der Waals surface area contributed by atoms with E-state index in [-0.39, 0.29) is 0 Å². The third-order valence-electron chi connectivity index (χ3n) is 3.53. The summed E-state index contributed by atoms with van der Waals surface area (Å²) in [6.07, 6.45) is 6.52. The van der Waals surface area contributed by atoms with Gasteiger partial charge >= 0.3 is 0 Å². The van der Waals surface area contributed by atoms with Crippen molar-refractivity contribution in [1.29, 1.82) is 0 Å². The van der Waals surface area contributed by atoms with Gasteiger partial charge in [-0.1, -0.05) is 24.3 Å². The molecule has 2 heterocycles. The fraction of sp³-hybridized carbons (Fsp3) is 0.250. The Morgan fingerprint density at radius 1 is 1.25 bits per heavy atom. The van der Waals surface area contributed by atoms with Crippen LogP contribution in [0.1, 0.15) is 5.56 Å². The number of nitrogens with one attached hydrogen (secondary N) is 1. The van der Waals surface area contributed by atoms with Gasteiger partial charge in [0.25, 0.3) is 0 Å². The van der Waals surface area contributed by atoms with E-state index in [1.807, 2.05) is 29.1 Å². The SMILES string of the molecule is Cc1ccccc1-c1ncc(-c2nccn2CCNS(C)(=O)=O)s1. The van der Waals surface area contributed by atoms with Crippen LogP contribution in [-0.2, 0) is 16.6 Å². The van der Waals surface area contributed by atoms with Crippen molar-refractivity contribution in [1.82, 2.24) is 19.3 Å². The van der Waals surface area contributed by atoms with E-state index >= 15 is 0 Å². The van der Waals surface area contributed by atoms with E-state index in [1.54, 1.807) is 17.5 Å². The molecule has 0 radical (unpaired) electrons. The lowest BCUT2D eigenvalue weighted by Gasteiger charge is -2.06. The zero-order valence-corrected chi connectivity index (χ0v) is 15.1. The Kier molecular flexibility index (Phi) is 4.79. The summed E-state index contributed by atoms with van der Waals surface area (Å²) in [4.78, 5) is 9.86. The molecule has 3 aromatic rings. The molecule has 8 heteroatoms. The second-order valence-corrected chi connectivity index (χ2v) is 8.32. The molecule has 2 aromatic heterocycles. The van der Waals surface area contributed by atoms with Crippen molar-refractivity contribution in [3.05, 3.63) is 48.4 Å². The molecule has 0 saturated heterocycles. The Bertz CT molecular complexity index is 944. The van der Waals surface area contributed by atoms with Gasteiger partial charge in [-0.05, 0) is 12.5 Å². The lowest BCUT2D eigenvalue weighted by molar-refractivity contribution is 0.579. The van der Waals surface area contributed by atoms with Crippen LogP contribution < -0.4 is 4.72 Å². The highest BCUT2D eigenvalue weighted by Gasteiger charge is 2.12. The van der Waals surface area contributed by atoms with Gasteiger partial charge in [0.15, 0.2) is 5.82 Å². The number of thiazole rings is 1. The second kappa shape index (κ2) is 6.84. The topological polar surface area (TPSA) is 76.9 Å². The molecule has 6 nitrogen and oxygen atoms in total. The summed E-state index contributed by atoms with van der Waals surface area (Å²) in [6.45, 7) is 2.90. The average molecular weight is 362 g/mol. The molecule has 0 amide bonds. The van der Waals surface area contributed by atoms with Crippen LogP contribution in [0.4, 0.5) is 0 Å². The van der Waals surface area contributed by atoms with E-state index in [0.717, 1.165) is 27.5 Å². The van der Waals surface area contributed by atoms with Crippen molar-refractivity contribution >= 4 is 21.4 Å². The summed E-state index contributed by atoms with van der Waals surface area (Å²) in [5, 5.41) is 0.951. The van der Waals surface area contributed by atoms with Crippen LogP contribution in [0.25, 0.3) is 21.3 Å². The third kappa shape index (κ3) is 3.89. The third-order valence-corrected chi connectivity index (χ3v) is 5.29. The van der Waals surface area contributed by atoms with Gasteiger partial charge in [-0.3, -0.25) is 0 Å². The van der Waals surface area contributed by atoms with Crippen molar-refractivity contribution < 1.29 is 8.42 Å². The molecule has 0 spiro atoms. The number of aromatic nitrogens is 3. The summed E-state index contributed by atoms with van der Waals surface area (Å²) < 4.78 is 26.7. The molecular weight excluding hydrogens is 344 g/mol. The molecule has 1 aromatic carbocycles. The predicted octanol–water partition coefficient (Wildman–Crippen LogP) is 2.53. The maximum Gasteiger partial charge on any atom is 0.208 e. The molecule has 0 aliphatic rings. The first kappa shape index (κ1) is 16.8. The number of rotatable bonds is 6. The van der Waals surface area contributed by atoms with E-state index in [2.05, 4.69) is 33.7 Å². The van der Waals surface area contributed by atoms with Gasteiger partial charge < -0.3 is 4.57 Å². The van der Waals surface area contributed by atoms with Crippen molar-refractivity contribution in [2.24, 2.45) is 0 Å². The molecule has 126 valence electrons. The van der Waals surface area contributed by atoms with Crippen molar-refractivity contribution in [3.63, 3.8) is 0 Å². The predicted molar refractivity (Wildman–Crippen MR) is 96.4 cm³/mol. The number of aryl methyl sites for hydroxylation is 1. The number of imidazole rings is 1. The largest absolute Gasteiger partial charge is 0.329 e. The molecular formula is C16H18N4O2S2. The lowest BCUT2D eigenvalue weighted by atomic mass is 10.1. The Labute approximate surface area is 145 Å². The van der Waals surface area contributed by atoms with Crippen LogP contribution in [-0.4, -0.2) is 35.8 Å². The van der Waals surface area contributed by atoms with Crippen LogP contribution >= 0.6 is 11.3 Å². The fourth-order valence-corrected chi connectivity index (χ4v) is 3.86. The maximum absolute atomic E-state index is 11.2. The Morgan fingerprint density at radius 2 is 2.04 bits per heavy atom. The zero-order valence-electron chi connectivity index (χ0n) is 13.4. The molecule has 0 unspecified atom stereocenters. The molecule has 1 N–H and O–H groups in total. The van der Waals surface area contributed by atoms with Crippen molar-refractivity contribution in [3.8, 4) is 21.3 Å². The van der Waals surface area contributed by atoms with Crippen molar-refractivity contribution in [2.75, 3.05) is 12.8 Å².